The zero-order valence-corrected chi connectivity index (χ0v) is 11.5. The zero-order valence-electron chi connectivity index (χ0n) is 11.5. The molecule has 8 heteroatoms. The fraction of sp³-hybridized carbons (Fsp3) is 0.692. The van der Waals surface area contributed by atoms with Gasteiger partial charge in [0.05, 0.1) is 6.61 Å². The van der Waals surface area contributed by atoms with Crippen molar-refractivity contribution in [3.8, 4) is 0 Å². The van der Waals surface area contributed by atoms with E-state index in [9.17, 15) is 15.0 Å². The van der Waals surface area contributed by atoms with Gasteiger partial charge in [-0.15, -0.1) is 0 Å². The highest BCUT2D eigenvalue weighted by Gasteiger charge is 2.43. The largest absolute Gasteiger partial charge is 0.394 e. The molecule has 3 rings (SSSR count). The Bertz CT molecular complexity index is 557. The maximum atomic E-state index is 12.1. The Labute approximate surface area is 121 Å². The third kappa shape index (κ3) is 2.55. The van der Waals surface area contributed by atoms with Crippen molar-refractivity contribution in [3.05, 3.63) is 22.7 Å². The summed E-state index contributed by atoms with van der Waals surface area (Å²) in [6, 6.07) is 1.70. The maximum absolute atomic E-state index is 12.1. The lowest BCUT2D eigenvalue weighted by atomic mass is 10.1. The molecule has 0 radical (unpaired) electrons. The van der Waals surface area contributed by atoms with Crippen LogP contribution in [0, 0.1) is 0 Å². The van der Waals surface area contributed by atoms with Gasteiger partial charge in [0.15, 0.2) is 6.23 Å². The number of hydrogen-bond acceptors (Lipinski definition) is 7. The molecule has 0 aromatic carbocycles. The molecule has 2 saturated heterocycles. The fourth-order valence-corrected chi connectivity index (χ4v) is 2.83. The summed E-state index contributed by atoms with van der Waals surface area (Å²) >= 11 is 0. The first kappa shape index (κ1) is 14.5. The number of ether oxygens (including phenoxy) is 1. The van der Waals surface area contributed by atoms with Gasteiger partial charge in [0, 0.05) is 19.3 Å². The Morgan fingerprint density at radius 3 is 2.57 bits per heavy atom. The second-order valence-electron chi connectivity index (χ2n) is 5.40. The Kier molecular flexibility index (Phi) is 3.94. The first-order valence-electron chi connectivity index (χ1n) is 7.08. The zero-order chi connectivity index (χ0) is 15.0. The molecule has 3 heterocycles. The summed E-state index contributed by atoms with van der Waals surface area (Å²) in [5.41, 5.74) is -0.547. The normalized spacial score (nSPS) is 32.8. The number of anilines is 1. The van der Waals surface area contributed by atoms with Crippen LogP contribution >= 0.6 is 0 Å². The van der Waals surface area contributed by atoms with Gasteiger partial charge >= 0.3 is 5.69 Å². The molecule has 0 aliphatic carbocycles. The van der Waals surface area contributed by atoms with E-state index in [1.54, 1.807) is 6.07 Å². The lowest BCUT2D eigenvalue weighted by Gasteiger charge is -2.20. The molecule has 116 valence electrons. The number of hydrogen-bond donors (Lipinski definition) is 3. The van der Waals surface area contributed by atoms with Gasteiger partial charge in [-0.1, -0.05) is 0 Å². The van der Waals surface area contributed by atoms with Crippen LogP contribution < -0.4 is 10.6 Å². The van der Waals surface area contributed by atoms with Gasteiger partial charge in [0.25, 0.3) is 0 Å². The molecule has 2 fully saturated rings. The first-order chi connectivity index (χ1) is 10.1. The number of aromatic nitrogens is 2. The van der Waals surface area contributed by atoms with Crippen LogP contribution in [0.2, 0.25) is 0 Å². The van der Waals surface area contributed by atoms with Crippen molar-refractivity contribution >= 4 is 5.82 Å². The van der Waals surface area contributed by atoms with Gasteiger partial charge in [-0.2, -0.15) is 4.98 Å². The summed E-state index contributed by atoms with van der Waals surface area (Å²) in [6.45, 7) is 1.33. The van der Waals surface area contributed by atoms with Gasteiger partial charge in [-0.05, 0) is 18.9 Å². The SMILES string of the molecule is O=c1nc(N2CCCC2)ccn1[C@@H]1O[C@H](CO)[C@@H](O)[C@H]1O. The van der Waals surface area contributed by atoms with E-state index in [1.807, 2.05) is 4.90 Å². The first-order valence-corrected chi connectivity index (χ1v) is 7.08. The summed E-state index contributed by atoms with van der Waals surface area (Å²) < 4.78 is 6.47. The van der Waals surface area contributed by atoms with Crippen LogP contribution in [0.4, 0.5) is 5.82 Å². The Morgan fingerprint density at radius 2 is 2.00 bits per heavy atom. The highest BCUT2D eigenvalue weighted by Crippen LogP contribution is 2.28. The van der Waals surface area contributed by atoms with E-state index in [0.29, 0.717) is 5.82 Å². The molecule has 0 amide bonds. The summed E-state index contributed by atoms with van der Waals surface area (Å²) in [6.07, 6.45) is -0.785. The molecule has 8 nitrogen and oxygen atoms in total. The predicted molar refractivity (Wildman–Crippen MR) is 73.0 cm³/mol. The quantitative estimate of drug-likeness (QED) is 0.620. The molecular weight excluding hydrogens is 278 g/mol. The van der Waals surface area contributed by atoms with Crippen LogP contribution in [0.25, 0.3) is 0 Å². The van der Waals surface area contributed by atoms with Crippen molar-refractivity contribution in [3.63, 3.8) is 0 Å². The molecule has 0 unspecified atom stereocenters. The van der Waals surface area contributed by atoms with Crippen LogP contribution in [0.1, 0.15) is 19.1 Å². The van der Waals surface area contributed by atoms with Gasteiger partial charge < -0.3 is 25.0 Å². The second kappa shape index (κ2) is 5.72. The lowest BCUT2D eigenvalue weighted by Crippen LogP contribution is -2.36. The van der Waals surface area contributed by atoms with Gasteiger partial charge in [0.1, 0.15) is 24.1 Å². The van der Waals surface area contributed by atoms with Crippen molar-refractivity contribution in [1.29, 1.82) is 0 Å². The van der Waals surface area contributed by atoms with Crippen LogP contribution in [-0.4, -0.2) is 62.9 Å². The smallest absolute Gasteiger partial charge is 0.351 e. The van der Waals surface area contributed by atoms with Crippen LogP contribution in [-0.2, 0) is 4.74 Å². The predicted octanol–water partition coefficient (Wildman–Crippen LogP) is -1.54. The molecule has 2 aliphatic rings. The van der Waals surface area contributed by atoms with Crippen molar-refractivity contribution < 1.29 is 20.1 Å². The van der Waals surface area contributed by atoms with E-state index in [0.717, 1.165) is 30.5 Å². The molecule has 1 aromatic rings. The van der Waals surface area contributed by atoms with Crippen molar-refractivity contribution in [1.82, 2.24) is 9.55 Å². The van der Waals surface area contributed by atoms with Gasteiger partial charge in [0.2, 0.25) is 0 Å². The van der Waals surface area contributed by atoms with E-state index in [-0.39, 0.29) is 0 Å². The Balaban J connectivity index is 1.84. The van der Waals surface area contributed by atoms with E-state index >= 15 is 0 Å². The molecule has 21 heavy (non-hydrogen) atoms. The highest BCUT2D eigenvalue weighted by atomic mass is 16.6. The van der Waals surface area contributed by atoms with Crippen molar-refractivity contribution in [2.75, 3.05) is 24.6 Å². The van der Waals surface area contributed by atoms with Gasteiger partial charge in [-0.3, -0.25) is 4.57 Å². The Hall–Kier alpha value is -1.48. The third-order valence-electron chi connectivity index (χ3n) is 4.04. The molecule has 3 N–H and O–H groups in total. The fourth-order valence-electron chi connectivity index (χ4n) is 2.83. The van der Waals surface area contributed by atoms with E-state index in [1.165, 1.54) is 6.20 Å². The average Bonchev–Trinajstić information content (AvgIpc) is 3.10. The van der Waals surface area contributed by atoms with E-state index < -0.39 is 36.8 Å². The summed E-state index contributed by atoms with van der Waals surface area (Å²) in [4.78, 5) is 18.2. The van der Waals surface area contributed by atoms with Crippen LogP contribution in [0.15, 0.2) is 17.1 Å². The summed E-state index contributed by atoms with van der Waals surface area (Å²) in [5, 5.41) is 28.7. The molecular formula is C13H19N3O5. The standard InChI is InChI=1S/C13H19N3O5/c17-7-8-10(18)11(19)12(21-8)16-6-3-9(14-13(16)20)15-4-1-2-5-15/h3,6,8,10-12,17-19H,1-2,4-5,7H2/t8-,10-,11-,12-/m1/s1. The molecule has 2 aliphatic heterocycles. The summed E-state index contributed by atoms with van der Waals surface area (Å²) in [5.74, 6) is 0.612. The number of nitrogens with zero attached hydrogens (tertiary/aromatic N) is 3. The highest BCUT2D eigenvalue weighted by molar-refractivity contribution is 5.37. The molecule has 0 saturated carbocycles. The minimum absolute atomic E-state index is 0.428. The van der Waals surface area contributed by atoms with Crippen LogP contribution in [0.3, 0.4) is 0 Å². The number of aliphatic hydroxyl groups excluding tert-OH is 3. The maximum Gasteiger partial charge on any atom is 0.351 e. The molecule has 0 spiro atoms. The third-order valence-corrected chi connectivity index (χ3v) is 4.04. The lowest BCUT2D eigenvalue weighted by molar-refractivity contribution is -0.0549. The minimum Gasteiger partial charge on any atom is -0.394 e. The molecule has 0 bridgehead atoms. The van der Waals surface area contributed by atoms with Gasteiger partial charge in [-0.25, -0.2) is 4.79 Å². The Morgan fingerprint density at radius 1 is 1.29 bits per heavy atom. The average molecular weight is 297 g/mol. The van der Waals surface area contributed by atoms with Crippen molar-refractivity contribution in [2.45, 2.75) is 37.4 Å². The number of aliphatic hydroxyl groups is 3. The van der Waals surface area contributed by atoms with E-state index in [2.05, 4.69) is 4.98 Å². The molecule has 4 atom stereocenters. The van der Waals surface area contributed by atoms with E-state index in [4.69, 9.17) is 9.84 Å². The number of rotatable bonds is 3. The minimum atomic E-state index is -1.28. The topological polar surface area (TPSA) is 108 Å². The van der Waals surface area contributed by atoms with Crippen molar-refractivity contribution in [2.24, 2.45) is 0 Å². The van der Waals surface area contributed by atoms with Crippen LogP contribution in [0.5, 0.6) is 0 Å². The molecule has 1 aromatic heterocycles. The monoisotopic (exact) mass is 297 g/mol. The second-order valence-corrected chi connectivity index (χ2v) is 5.40. The summed E-state index contributed by atoms with van der Waals surface area (Å²) in [7, 11) is 0.